The van der Waals surface area contributed by atoms with E-state index >= 15 is 0 Å². The Morgan fingerprint density at radius 1 is 1.18 bits per heavy atom. The van der Waals surface area contributed by atoms with E-state index in [0.717, 1.165) is 12.1 Å². The molecule has 0 atom stereocenters. The lowest BCUT2D eigenvalue weighted by Gasteiger charge is -2.08. The van der Waals surface area contributed by atoms with Gasteiger partial charge in [0.15, 0.2) is 0 Å². The predicted molar refractivity (Wildman–Crippen MR) is 56.5 cm³/mol. The smallest absolute Gasteiger partial charge is 0.406 e. The van der Waals surface area contributed by atoms with Gasteiger partial charge >= 0.3 is 6.36 Å². The molecule has 17 heavy (non-hydrogen) atoms. The molecule has 0 aliphatic heterocycles. The van der Waals surface area contributed by atoms with Crippen molar-refractivity contribution in [1.82, 2.24) is 0 Å². The molecular weight excluding hydrogens is 237 g/mol. The first kappa shape index (κ1) is 12.8. The van der Waals surface area contributed by atoms with Crippen LogP contribution in [0.2, 0.25) is 0 Å². The summed E-state index contributed by atoms with van der Waals surface area (Å²) < 4.78 is 39.2. The Morgan fingerprint density at radius 2 is 1.76 bits per heavy atom. The second kappa shape index (κ2) is 5.19. The number of ether oxygens (including phenoxy) is 1. The van der Waals surface area contributed by atoms with Crippen LogP contribution < -0.4 is 16.2 Å². The van der Waals surface area contributed by atoms with Gasteiger partial charge < -0.3 is 16.2 Å². The Kier molecular flexibility index (Phi) is 3.91. The molecule has 0 fully saturated rings. The van der Waals surface area contributed by atoms with Gasteiger partial charge in [0.2, 0.25) is 5.96 Å². The molecular formula is C9H9F3N4O. The van der Waals surface area contributed by atoms with Crippen LogP contribution in [0.15, 0.2) is 34.5 Å². The van der Waals surface area contributed by atoms with Gasteiger partial charge in [-0.15, -0.1) is 18.3 Å². The molecule has 0 bridgehead atoms. The van der Waals surface area contributed by atoms with Crippen LogP contribution in [0.3, 0.4) is 0 Å². The third-order valence-corrected chi connectivity index (χ3v) is 1.49. The molecule has 4 N–H and O–H groups in total. The molecule has 0 aromatic heterocycles. The zero-order valence-corrected chi connectivity index (χ0v) is 8.48. The van der Waals surface area contributed by atoms with Gasteiger partial charge in [-0.3, -0.25) is 0 Å². The van der Waals surface area contributed by atoms with Crippen molar-refractivity contribution in [3.05, 3.63) is 29.8 Å². The number of alkyl halides is 3. The van der Waals surface area contributed by atoms with E-state index in [-0.39, 0.29) is 11.7 Å². The maximum atomic E-state index is 11.8. The minimum atomic E-state index is -4.70. The lowest BCUT2D eigenvalue weighted by molar-refractivity contribution is -0.274. The number of nitrogens with two attached hydrogens (primary N) is 2. The zero-order valence-electron chi connectivity index (χ0n) is 8.48. The van der Waals surface area contributed by atoms with Crippen molar-refractivity contribution < 1.29 is 17.9 Å². The molecule has 1 aromatic carbocycles. The minimum Gasteiger partial charge on any atom is -0.406 e. The highest BCUT2D eigenvalue weighted by molar-refractivity contribution is 5.81. The van der Waals surface area contributed by atoms with Crippen LogP contribution in [0.1, 0.15) is 5.56 Å². The molecule has 8 heteroatoms. The molecule has 1 rings (SSSR count). The SMILES string of the molecule is NC(N)=NN=Cc1ccc(OC(F)(F)F)cc1. The van der Waals surface area contributed by atoms with Crippen molar-refractivity contribution in [3.8, 4) is 5.75 Å². The normalized spacial score (nSPS) is 11.5. The molecule has 0 unspecified atom stereocenters. The van der Waals surface area contributed by atoms with Crippen LogP contribution in [-0.4, -0.2) is 18.5 Å². The summed E-state index contributed by atoms with van der Waals surface area (Å²) in [6.07, 6.45) is -3.41. The summed E-state index contributed by atoms with van der Waals surface area (Å²) in [7, 11) is 0. The maximum Gasteiger partial charge on any atom is 0.573 e. The molecule has 0 heterocycles. The third-order valence-electron chi connectivity index (χ3n) is 1.49. The fraction of sp³-hybridized carbons (Fsp3) is 0.111. The molecule has 0 amide bonds. The van der Waals surface area contributed by atoms with Crippen LogP contribution in [0.5, 0.6) is 5.75 Å². The molecule has 0 aliphatic carbocycles. The average Bonchev–Trinajstić information content (AvgIpc) is 2.18. The van der Waals surface area contributed by atoms with E-state index in [1.807, 2.05) is 0 Å². The van der Waals surface area contributed by atoms with Gasteiger partial charge in [-0.25, -0.2) is 0 Å². The lowest BCUT2D eigenvalue weighted by atomic mass is 10.2. The first-order valence-corrected chi connectivity index (χ1v) is 4.34. The van der Waals surface area contributed by atoms with E-state index < -0.39 is 6.36 Å². The third kappa shape index (κ3) is 5.40. The van der Waals surface area contributed by atoms with Crippen LogP contribution in [0.4, 0.5) is 13.2 Å². The van der Waals surface area contributed by atoms with Gasteiger partial charge in [0.25, 0.3) is 0 Å². The fourth-order valence-electron chi connectivity index (χ4n) is 0.918. The predicted octanol–water partition coefficient (Wildman–Crippen LogP) is 1.19. The Hall–Kier alpha value is -2.25. The monoisotopic (exact) mass is 246 g/mol. The molecule has 1 aromatic rings. The maximum absolute atomic E-state index is 11.8. The van der Waals surface area contributed by atoms with Gasteiger partial charge in [-0.05, 0) is 29.8 Å². The molecule has 0 aliphatic rings. The zero-order chi connectivity index (χ0) is 12.9. The molecule has 0 saturated heterocycles. The van der Waals surface area contributed by atoms with E-state index in [1.54, 1.807) is 0 Å². The highest BCUT2D eigenvalue weighted by Crippen LogP contribution is 2.22. The van der Waals surface area contributed by atoms with Crippen molar-refractivity contribution in [2.45, 2.75) is 6.36 Å². The number of guanidine groups is 1. The Morgan fingerprint density at radius 3 is 2.24 bits per heavy atom. The highest BCUT2D eigenvalue weighted by Gasteiger charge is 2.30. The number of rotatable bonds is 3. The Bertz CT molecular complexity index is 421. The highest BCUT2D eigenvalue weighted by atomic mass is 19.4. The van der Waals surface area contributed by atoms with E-state index in [2.05, 4.69) is 14.9 Å². The minimum absolute atomic E-state index is 0.210. The number of nitrogens with zero attached hydrogens (tertiary/aromatic N) is 2. The van der Waals surface area contributed by atoms with Crippen LogP contribution >= 0.6 is 0 Å². The van der Waals surface area contributed by atoms with E-state index in [1.165, 1.54) is 18.3 Å². The number of hydrogen-bond acceptors (Lipinski definition) is 3. The summed E-state index contributed by atoms with van der Waals surface area (Å²) >= 11 is 0. The van der Waals surface area contributed by atoms with E-state index in [9.17, 15) is 13.2 Å². The summed E-state index contributed by atoms with van der Waals surface area (Å²) in [5.74, 6) is -0.519. The van der Waals surface area contributed by atoms with Gasteiger partial charge in [0.1, 0.15) is 5.75 Å². The lowest BCUT2D eigenvalue weighted by Crippen LogP contribution is -2.21. The summed E-state index contributed by atoms with van der Waals surface area (Å²) in [6, 6.07) is 5.08. The van der Waals surface area contributed by atoms with Gasteiger partial charge in [-0.2, -0.15) is 5.10 Å². The van der Waals surface area contributed by atoms with Gasteiger partial charge in [-0.1, -0.05) is 0 Å². The van der Waals surface area contributed by atoms with Crippen LogP contribution in [0, 0.1) is 0 Å². The standard InChI is InChI=1S/C9H9F3N4O/c10-9(11,12)17-7-3-1-6(2-4-7)5-15-16-8(13)14/h1-5H,(H4,13,14,16). The number of halogens is 3. The fourth-order valence-corrected chi connectivity index (χ4v) is 0.918. The van der Waals surface area contributed by atoms with Gasteiger partial charge in [0.05, 0.1) is 6.21 Å². The second-order valence-corrected chi connectivity index (χ2v) is 2.89. The molecule has 92 valence electrons. The summed E-state index contributed by atoms with van der Waals surface area (Å²) in [4.78, 5) is 0. The van der Waals surface area contributed by atoms with Gasteiger partial charge in [0, 0.05) is 0 Å². The Balaban J connectivity index is 2.69. The largest absolute Gasteiger partial charge is 0.573 e. The van der Waals surface area contributed by atoms with E-state index in [4.69, 9.17) is 11.5 Å². The first-order valence-electron chi connectivity index (χ1n) is 4.34. The average molecular weight is 246 g/mol. The summed E-state index contributed by atoms with van der Waals surface area (Å²) in [6.45, 7) is 0. The number of hydrogen-bond donors (Lipinski definition) is 2. The van der Waals surface area contributed by atoms with Crippen molar-refractivity contribution in [3.63, 3.8) is 0 Å². The van der Waals surface area contributed by atoms with Crippen molar-refractivity contribution in [1.29, 1.82) is 0 Å². The van der Waals surface area contributed by atoms with Crippen LogP contribution in [0.25, 0.3) is 0 Å². The second-order valence-electron chi connectivity index (χ2n) is 2.89. The molecule has 0 spiro atoms. The number of benzene rings is 1. The summed E-state index contributed by atoms with van der Waals surface area (Å²) in [5, 5.41) is 6.83. The van der Waals surface area contributed by atoms with Crippen molar-refractivity contribution in [2.75, 3.05) is 0 Å². The molecule has 5 nitrogen and oxygen atoms in total. The Labute approximate surface area is 94.6 Å². The first-order chi connectivity index (χ1) is 7.87. The molecule has 0 saturated carbocycles. The van der Waals surface area contributed by atoms with Crippen molar-refractivity contribution >= 4 is 12.2 Å². The van der Waals surface area contributed by atoms with E-state index in [0.29, 0.717) is 5.56 Å². The quantitative estimate of drug-likeness (QED) is 0.477. The van der Waals surface area contributed by atoms with Crippen molar-refractivity contribution in [2.24, 2.45) is 21.7 Å². The molecule has 0 radical (unpaired) electrons. The van der Waals surface area contributed by atoms with Crippen LogP contribution in [-0.2, 0) is 0 Å². The summed E-state index contributed by atoms with van der Waals surface area (Å²) in [5.41, 5.74) is 10.6. The topological polar surface area (TPSA) is 86.0 Å².